The van der Waals surface area contributed by atoms with E-state index in [4.69, 9.17) is 23.1 Å². The van der Waals surface area contributed by atoms with Gasteiger partial charge in [-0.2, -0.15) is 15.8 Å². The maximum absolute atomic E-state index is 10.2. The molecule has 2 aromatic heterocycles. The highest BCUT2D eigenvalue weighted by Crippen LogP contribution is 2.45. The Balaban J connectivity index is 1.46. The van der Waals surface area contributed by atoms with E-state index in [-0.39, 0.29) is 27.0 Å². The van der Waals surface area contributed by atoms with Gasteiger partial charge >= 0.3 is 0 Å². The van der Waals surface area contributed by atoms with Crippen molar-refractivity contribution in [1.82, 2.24) is 0 Å². The van der Waals surface area contributed by atoms with Crippen LogP contribution in [0.25, 0.3) is 28.0 Å². The number of hydrogen-bond acceptors (Lipinski definition) is 11. The molecule has 0 bridgehead atoms. The number of thiophene rings is 2. The molecule has 9 nitrogen and oxygen atoms in total. The van der Waals surface area contributed by atoms with Gasteiger partial charge in [0.1, 0.15) is 40.9 Å². The third-order valence-electron chi connectivity index (χ3n) is 15.2. The molecule has 5 rings (SSSR count). The van der Waals surface area contributed by atoms with E-state index in [0.29, 0.717) is 18.8 Å². The van der Waals surface area contributed by atoms with Crippen LogP contribution in [-0.4, -0.2) is 54.3 Å². The van der Waals surface area contributed by atoms with E-state index < -0.39 is 28.0 Å². The number of hydrogen-bond donors (Lipinski definition) is 0. The second kappa shape index (κ2) is 26.6. The predicted octanol–water partition coefficient (Wildman–Crippen LogP) is 18.2. The molecule has 76 heavy (non-hydrogen) atoms. The molecule has 13 heteroatoms. The molecule has 2 aliphatic heterocycles. The lowest BCUT2D eigenvalue weighted by Gasteiger charge is -2.38. The van der Waals surface area contributed by atoms with Gasteiger partial charge in [0.15, 0.2) is 28.0 Å². The molecule has 0 saturated carbocycles. The molecule has 2 aliphatic rings. The smallest absolute Gasteiger partial charge is 0.245 e. The van der Waals surface area contributed by atoms with E-state index in [1.165, 1.54) is 59.4 Å². The average Bonchev–Trinajstić information content (AvgIpc) is 4.00. The maximum atomic E-state index is 10.2. The quantitative estimate of drug-likeness (QED) is 0.0464. The molecule has 0 radical (unpaired) electrons. The van der Waals surface area contributed by atoms with E-state index in [9.17, 15) is 15.8 Å². The number of nitriles is 3. The van der Waals surface area contributed by atoms with Gasteiger partial charge in [-0.05, 0) is 135 Å². The van der Waals surface area contributed by atoms with Crippen LogP contribution in [0.15, 0.2) is 88.6 Å². The van der Waals surface area contributed by atoms with Gasteiger partial charge in [-0.25, -0.2) is 0 Å². The summed E-state index contributed by atoms with van der Waals surface area (Å²) in [5.41, 5.74) is 4.68. The first-order chi connectivity index (χ1) is 35.7. The Kier molecular flexibility index (Phi) is 21.7. The summed E-state index contributed by atoms with van der Waals surface area (Å²) in [6, 6.07) is 19.4. The van der Waals surface area contributed by atoms with Crippen molar-refractivity contribution >= 4 is 63.2 Å². The van der Waals surface area contributed by atoms with Crippen molar-refractivity contribution in [2.45, 2.75) is 195 Å². The van der Waals surface area contributed by atoms with Gasteiger partial charge in [0.25, 0.3) is 0 Å². The van der Waals surface area contributed by atoms with Crippen molar-refractivity contribution in [3.05, 3.63) is 115 Å². The standard InChI is InChI=1S/C63H88N4O5S2Si2/c1-17-19-21-23-25-47-39-53(33-34-56-55(45-66)57(49(43-64)44-65)72-62(56,9)10)73-58(47)59-48(26-24-22-20-18-2)40-54(74-59)42-52-41-51(70-63(11,12)71-52)32-29-46-27-30-50(31-28-46)67(35-37-68-75(13,14)60(3,4)5)36-38-69-76(15,16)61(6,7)8/h27-34,39-42H,17-26,35-38H2,1-16H3/b32-29+,34-33+,52-42+. The molecule has 0 atom stereocenters. The lowest BCUT2D eigenvalue weighted by atomic mass is 9.94. The molecule has 410 valence electrons. The fourth-order valence-corrected chi connectivity index (χ4v) is 13.2. The molecular weight excluding hydrogens is 1010 g/mol. The summed E-state index contributed by atoms with van der Waals surface area (Å²) in [6.45, 7) is 38.1. The first kappa shape index (κ1) is 61.9. The third-order valence-corrected chi connectivity index (χ3v) is 26.7. The van der Waals surface area contributed by atoms with Crippen molar-refractivity contribution < 1.29 is 23.1 Å². The van der Waals surface area contributed by atoms with Gasteiger partial charge < -0.3 is 28.0 Å². The summed E-state index contributed by atoms with van der Waals surface area (Å²) >= 11 is 3.59. The summed E-state index contributed by atoms with van der Waals surface area (Å²) in [4.78, 5) is 7.18. The van der Waals surface area contributed by atoms with Crippen LogP contribution >= 0.6 is 22.7 Å². The summed E-state index contributed by atoms with van der Waals surface area (Å²) in [6.07, 6.45) is 23.6. The number of unbranched alkanes of at least 4 members (excludes halogenated alkanes) is 6. The molecule has 4 heterocycles. The number of aryl methyl sites for hydroxylation is 2. The highest BCUT2D eigenvalue weighted by Gasteiger charge is 2.40. The summed E-state index contributed by atoms with van der Waals surface area (Å²) in [5, 5.41) is 29.8. The zero-order valence-corrected chi connectivity index (χ0v) is 52.6. The van der Waals surface area contributed by atoms with Crippen LogP contribution in [0.1, 0.15) is 161 Å². The molecule has 0 amide bonds. The topological polar surface area (TPSA) is 121 Å². The van der Waals surface area contributed by atoms with E-state index in [2.05, 4.69) is 147 Å². The van der Waals surface area contributed by atoms with Crippen LogP contribution < -0.4 is 4.90 Å². The number of ether oxygens (including phenoxy) is 3. The Labute approximate surface area is 468 Å². The molecule has 0 saturated heterocycles. The van der Waals surface area contributed by atoms with Crippen molar-refractivity contribution in [2.75, 3.05) is 31.2 Å². The lowest BCUT2D eigenvalue weighted by molar-refractivity contribution is -0.167. The van der Waals surface area contributed by atoms with Crippen molar-refractivity contribution in [3.63, 3.8) is 0 Å². The Morgan fingerprint density at radius 2 is 1.20 bits per heavy atom. The Morgan fingerprint density at radius 1 is 0.671 bits per heavy atom. The SMILES string of the molecule is CCCCCCc1cc(/C=C/C2=C(C#N)C(=C(C#N)C#N)OC2(C)C)sc1-c1sc(/C=C2C=C(/C=C/c3ccc(N(CCO[Si](C)(C)C(C)(C)C)CCO[Si](C)(C)C(C)(C)C)cc3)OC(C)(C)O\2)cc1CCCCCC. The number of anilines is 1. The first-order valence-corrected chi connectivity index (χ1v) is 35.1. The normalized spacial score (nSPS) is 16.4. The Bertz CT molecular complexity index is 2740. The Hall–Kier alpha value is -4.92. The number of rotatable bonds is 25. The van der Waals surface area contributed by atoms with Crippen LogP contribution in [0.4, 0.5) is 5.69 Å². The predicted molar refractivity (Wildman–Crippen MR) is 325 cm³/mol. The number of benzene rings is 1. The molecule has 1 aromatic carbocycles. The molecule has 3 aromatic rings. The molecule has 0 aliphatic carbocycles. The van der Waals surface area contributed by atoms with Crippen LogP contribution in [-0.2, 0) is 35.9 Å². The van der Waals surface area contributed by atoms with Gasteiger partial charge in [0.2, 0.25) is 5.79 Å². The number of nitrogens with zero attached hydrogens (tertiary/aromatic N) is 4. The highest BCUT2D eigenvalue weighted by atomic mass is 32.1. The zero-order chi connectivity index (χ0) is 56.1. The fraction of sp³-hybridized carbons (Fsp3) is 0.540. The monoisotopic (exact) mass is 1100 g/mol. The third kappa shape index (κ3) is 16.8. The van der Waals surface area contributed by atoms with Gasteiger partial charge in [0, 0.05) is 63.8 Å². The van der Waals surface area contributed by atoms with Gasteiger partial charge in [-0.15, -0.1) is 22.7 Å². The van der Waals surface area contributed by atoms with Crippen LogP contribution in [0.5, 0.6) is 0 Å². The second-order valence-electron chi connectivity index (χ2n) is 24.2. The summed E-state index contributed by atoms with van der Waals surface area (Å²) < 4.78 is 32.3. The minimum Gasteiger partial charge on any atom is -0.480 e. The van der Waals surface area contributed by atoms with E-state index in [1.54, 1.807) is 11.3 Å². The average molecular weight is 1100 g/mol. The van der Waals surface area contributed by atoms with E-state index >= 15 is 0 Å². The largest absolute Gasteiger partial charge is 0.480 e. The summed E-state index contributed by atoms with van der Waals surface area (Å²) in [5.74, 6) is 0.640. The van der Waals surface area contributed by atoms with Crippen LogP contribution in [0, 0.1) is 34.0 Å². The van der Waals surface area contributed by atoms with Gasteiger partial charge in [-0.3, -0.25) is 0 Å². The van der Waals surface area contributed by atoms with Crippen LogP contribution in [0.2, 0.25) is 36.3 Å². The zero-order valence-electron chi connectivity index (χ0n) is 49.0. The molecular formula is C63H88N4O5S2Si2. The van der Waals surface area contributed by atoms with Gasteiger partial charge in [0.05, 0.1) is 13.2 Å². The van der Waals surface area contributed by atoms with E-state index in [0.717, 1.165) is 71.3 Å². The maximum Gasteiger partial charge on any atom is 0.245 e. The fourth-order valence-electron chi connectivity index (χ4n) is 8.62. The van der Waals surface area contributed by atoms with E-state index in [1.807, 2.05) is 69.4 Å². The first-order valence-electron chi connectivity index (χ1n) is 27.6. The molecule has 0 spiro atoms. The van der Waals surface area contributed by atoms with Crippen molar-refractivity contribution in [1.29, 1.82) is 15.8 Å². The van der Waals surface area contributed by atoms with Crippen molar-refractivity contribution in [2.24, 2.45) is 0 Å². The highest BCUT2D eigenvalue weighted by molar-refractivity contribution is 7.23. The Morgan fingerprint density at radius 3 is 1.70 bits per heavy atom. The minimum absolute atomic E-state index is 0.0503. The molecule has 0 unspecified atom stereocenters. The second-order valence-corrected chi connectivity index (χ2v) is 36.0. The molecule has 0 N–H and O–H groups in total. The van der Waals surface area contributed by atoms with Crippen molar-refractivity contribution in [3.8, 4) is 28.0 Å². The number of allylic oxidation sites excluding steroid dienone is 4. The van der Waals surface area contributed by atoms with Gasteiger partial charge in [-0.1, -0.05) is 118 Å². The lowest BCUT2D eigenvalue weighted by Crippen LogP contribution is -2.44. The molecule has 0 fully saturated rings. The summed E-state index contributed by atoms with van der Waals surface area (Å²) in [7, 11) is -3.80. The van der Waals surface area contributed by atoms with Crippen LogP contribution in [0.3, 0.4) is 0 Å². The minimum atomic E-state index is -1.90.